The van der Waals surface area contributed by atoms with E-state index < -0.39 is 43.1 Å². The van der Waals surface area contributed by atoms with Crippen molar-refractivity contribution in [2.24, 2.45) is 0 Å². The van der Waals surface area contributed by atoms with E-state index >= 15 is 0 Å². The smallest absolute Gasteiger partial charge is 0.293 e. The summed E-state index contributed by atoms with van der Waals surface area (Å²) >= 11 is 0. The third-order valence-corrected chi connectivity index (χ3v) is 9.21. The summed E-state index contributed by atoms with van der Waals surface area (Å²) in [4.78, 5) is 23.8. The van der Waals surface area contributed by atoms with Crippen molar-refractivity contribution in [3.63, 3.8) is 0 Å². The number of anilines is 3. The number of nitrogens with one attached hydrogen (secondary N) is 2. The molecule has 0 saturated carbocycles. The Labute approximate surface area is 237 Å². The number of aryl methyl sites for hydroxylation is 2. The molecule has 0 saturated heterocycles. The second-order valence-corrected chi connectivity index (χ2v) is 12.6. The van der Waals surface area contributed by atoms with E-state index in [1.165, 1.54) is 66.7 Å². The van der Waals surface area contributed by atoms with E-state index in [-0.39, 0.29) is 21.2 Å². The largest absolute Gasteiger partial charge is 0.325 e. The molecule has 1 amide bonds. The molecule has 0 aliphatic carbocycles. The monoisotopic (exact) mass is 594 g/mol. The van der Waals surface area contributed by atoms with Crippen molar-refractivity contribution in [2.45, 2.75) is 23.6 Å². The van der Waals surface area contributed by atoms with Crippen molar-refractivity contribution in [3.8, 4) is 0 Å². The summed E-state index contributed by atoms with van der Waals surface area (Å²) in [6, 6.07) is 23.1. The Hall–Kier alpha value is -4.75. The van der Waals surface area contributed by atoms with Crippen LogP contribution in [-0.2, 0) is 24.8 Å². The third kappa shape index (κ3) is 6.70. The lowest BCUT2D eigenvalue weighted by atomic mass is 10.1. The van der Waals surface area contributed by atoms with Gasteiger partial charge in [0.2, 0.25) is 5.91 Å². The van der Waals surface area contributed by atoms with E-state index in [1.54, 1.807) is 25.1 Å². The molecular formula is C28H26N4O7S2. The predicted octanol–water partition coefficient (Wildman–Crippen LogP) is 4.85. The van der Waals surface area contributed by atoms with Gasteiger partial charge in [0.25, 0.3) is 25.7 Å². The van der Waals surface area contributed by atoms with E-state index in [4.69, 9.17) is 0 Å². The second-order valence-electron chi connectivity index (χ2n) is 9.07. The van der Waals surface area contributed by atoms with Crippen LogP contribution in [0, 0.1) is 24.0 Å². The van der Waals surface area contributed by atoms with E-state index in [9.17, 15) is 31.7 Å². The Morgan fingerprint density at radius 1 is 0.829 bits per heavy atom. The van der Waals surface area contributed by atoms with Crippen LogP contribution in [0.2, 0.25) is 0 Å². The topological polar surface area (TPSA) is 156 Å². The fourth-order valence-electron chi connectivity index (χ4n) is 3.95. The maximum atomic E-state index is 13.5. The maximum Gasteiger partial charge on any atom is 0.293 e. The summed E-state index contributed by atoms with van der Waals surface area (Å²) in [6.45, 7) is 2.84. The lowest BCUT2D eigenvalue weighted by molar-refractivity contribution is -0.384. The second kappa shape index (κ2) is 11.8. The first-order valence-corrected chi connectivity index (χ1v) is 15.1. The summed E-state index contributed by atoms with van der Waals surface area (Å²) in [5.74, 6) is -0.799. The van der Waals surface area contributed by atoms with Gasteiger partial charge >= 0.3 is 0 Å². The Kier molecular flexibility index (Phi) is 8.40. The SMILES string of the molecule is Cc1ccc(C)c(NS(=O)(=O)c2ccc(NC(=O)CN(c3ccccc3[N+](=O)[O-])S(=O)(=O)c3ccccc3)cc2)c1. The van der Waals surface area contributed by atoms with Gasteiger partial charge in [-0.25, -0.2) is 21.1 Å². The lowest BCUT2D eigenvalue weighted by Gasteiger charge is -2.23. The number of hydrogen-bond donors (Lipinski definition) is 2. The van der Waals surface area contributed by atoms with Crippen molar-refractivity contribution in [1.82, 2.24) is 0 Å². The quantitative estimate of drug-likeness (QED) is 0.196. The van der Waals surface area contributed by atoms with Crippen LogP contribution in [0.1, 0.15) is 11.1 Å². The van der Waals surface area contributed by atoms with Crippen LogP contribution >= 0.6 is 0 Å². The van der Waals surface area contributed by atoms with E-state index in [0.717, 1.165) is 17.2 Å². The van der Waals surface area contributed by atoms with Gasteiger partial charge in [-0.3, -0.25) is 19.6 Å². The molecule has 4 aromatic carbocycles. The molecule has 0 spiro atoms. The van der Waals surface area contributed by atoms with Gasteiger partial charge in [0, 0.05) is 11.8 Å². The molecule has 0 aliphatic rings. The standard InChI is InChI=1S/C28H26N4O7S2/c1-20-12-13-21(2)25(18-20)30-40(36,37)23-16-14-22(15-17-23)29-28(33)19-31(26-10-6-7-11-27(26)32(34)35)41(38,39)24-8-4-3-5-9-24/h3-18,30H,19H2,1-2H3,(H,29,33). The minimum Gasteiger partial charge on any atom is -0.325 e. The highest BCUT2D eigenvalue weighted by molar-refractivity contribution is 7.93. The average Bonchev–Trinajstić information content (AvgIpc) is 2.94. The molecule has 0 fully saturated rings. The van der Waals surface area contributed by atoms with Crippen LogP contribution in [0.4, 0.5) is 22.7 Å². The zero-order valence-electron chi connectivity index (χ0n) is 22.0. The molecule has 0 radical (unpaired) electrons. The fraction of sp³-hybridized carbons (Fsp3) is 0.107. The zero-order valence-corrected chi connectivity index (χ0v) is 23.6. The molecule has 0 aromatic heterocycles. The molecule has 0 heterocycles. The van der Waals surface area contributed by atoms with Crippen LogP contribution < -0.4 is 14.3 Å². The van der Waals surface area contributed by atoms with E-state index in [1.807, 2.05) is 13.0 Å². The van der Waals surface area contributed by atoms with Crippen molar-refractivity contribution < 1.29 is 26.6 Å². The third-order valence-electron chi connectivity index (χ3n) is 6.05. The van der Waals surface area contributed by atoms with Crippen LogP contribution in [0.15, 0.2) is 107 Å². The Balaban J connectivity index is 1.58. The van der Waals surface area contributed by atoms with Gasteiger partial charge in [-0.05, 0) is 73.5 Å². The number of rotatable bonds is 10. The highest BCUT2D eigenvalue weighted by Gasteiger charge is 2.32. The molecule has 13 heteroatoms. The molecule has 2 N–H and O–H groups in total. The first kappa shape index (κ1) is 29.2. The minimum absolute atomic E-state index is 0.0513. The van der Waals surface area contributed by atoms with Gasteiger partial charge in [0.15, 0.2) is 0 Å². The number of benzene rings is 4. The molecule has 212 valence electrons. The fourth-order valence-corrected chi connectivity index (χ4v) is 6.52. The molecule has 41 heavy (non-hydrogen) atoms. The van der Waals surface area contributed by atoms with Gasteiger partial charge < -0.3 is 5.32 Å². The van der Waals surface area contributed by atoms with Crippen LogP contribution in [0.5, 0.6) is 0 Å². The number of carbonyl (C=O) groups excluding carboxylic acids is 1. The number of amides is 1. The summed E-state index contributed by atoms with van der Waals surface area (Å²) in [6.07, 6.45) is 0. The number of nitrogens with zero attached hydrogens (tertiary/aromatic N) is 2. The number of nitro groups is 1. The Morgan fingerprint density at radius 3 is 2.12 bits per heavy atom. The van der Waals surface area contributed by atoms with Crippen molar-refractivity contribution in [3.05, 3.63) is 118 Å². The summed E-state index contributed by atoms with van der Waals surface area (Å²) in [7, 11) is -8.31. The first-order chi connectivity index (χ1) is 19.4. The summed E-state index contributed by atoms with van der Waals surface area (Å²) < 4.78 is 56.0. The highest BCUT2D eigenvalue weighted by atomic mass is 32.2. The lowest BCUT2D eigenvalue weighted by Crippen LogP contribution is -2.38. The molecule has 0 unspecified atom stereocenters. The number of sulfonamides is 2. The van der Waals surface area contributed by atoms with Crippen LogP contribution in [0.25, 0.3) is 0 Å². The van der Waals surface area contributed by atoms with Gasteiger partial charge in [0.05, 0.1) is 20.4 Å². The predicted molar refractivity (Wildman–Crippen MR) is 156 cm³/mol. The van der Waals surface area contributed by atoms with E-state index in [2.05, 4.69) is 10.0 Å². The Bertz CT molecular complexity index is 1810. The molecule has 0 atom stereocenters. The van der Waals surface area contributed by atoms with Gasteiger partial charge in [-0.1, -0.05) is 42.5 Å². The van der Waals surface area contributed by atoms with Crippen LogP contribution in [0.3, 0.4) is 0 Å². The molecule has 11 nitrogen and oxygen atoms in total. The minimum atomic E-state index is -4.38. The normalized spacial score (nSPS) is 11.5. The van der Waals surface area contributed by atoms with Crippen molar-refractivity contribution in [1.29, 1.82) is 0 Å². The molecular weight excluding hydrogens is 568 g/mol. The molecule has 4 rings (SSSR count). The zero-order chi connectivity index (χ0) is 29.8. The van der Waals surface area contributed by atoms with Gasteiger partial charge in [-0.2, -0.15) is 0 Å². The highest BCUT2D eigenvalue weighted by Crippen LogP contribution is 2.32. The van der Waals surface area contributed by atoms with Crippen molar-refractivity contribution in [2.75, 3.05) is 20.9 Å². The number of nitro benzene ring substituents is 1. The molecule has 4 aromatic rings. The van der Waals surface area contributed by atoms with E-state index in [0.29, 0.717) is 9.99 Å². The molecule has 0 aliphatic heterocycles. The van der Waals surface area contributed by atoms with Gasteiger partial charge in [0.1, 0.15) is 12.2 Å². The maximum absolute atomic E-state index is 13.5. The Morgan fingerprint density at radius 2 is 1.46 bits per heavy atom. The number of carbonyl (C=O) groups is 1. The number of hydrogen-bond acceptors (Lipinski definition) is 7. The average molecular weight is 595 g/mol. The number of para-hydroxylation sites is 2. The van der Waals surface area contributed by atoms with Crippen molar-refractivity contribution >= 4 is 48.7 Å². The van der Waals surface area contributed by atoms with Crippen LogP contribution in [-0.4, -0.2) is 34.2 Å². The summed E-state index contributed by atoms with van der Waals surface area (Å²) in [5.41, 5.74) is 1.49. The first-order valence-electron chi connectivity index (χ1n) is 12.2. The summed E-state index contributed by atoms with van der Waals surface area (Å²) in [5, 5.41) is 14.2. The molecule has 0 bridgehead atoms. The van der Waals surface area contributed by atoms with Gasteiger partial charge in [-0.15, -0.1) is 0 Å².